The van der Waals surface area contributed by atoms with Crippen molar-refractivity contribution in [2.75, 3.05) is 31.6 Å². The Morgan fingerprint density at radius 2 is 2.00 bits per heavy atom. The third kappa shape index (κ3) is 6.02. The van der Waals surface area contributed by atoms with Crippen molar-refractivity contribution in [1.82, 2.24) is 10.6 Å². The molecule has 0 saturated carbocycles. The van der Waals surface area contributed by atoms with Crippen LogP contribution in [0.1, 0.15) is 12.0 Å². The molecule has 9 heteroatoms. The number of rotatable bonds is 6. The first-order chi connectivity index (χ1) is 13.6. The van der Waals surface area contributed by atoms with E-state index in [4.69, 9.17) is 4.74 Å². The molecule has 1 amide bonds. The molecule has 0 fully saturated rings. The van der Waals surface area contributed by atoms with Gasteiger partial charge in [0.05, 0.1) is 5.69 Å². The van der Waals surface area contributed by atoms with Gasteiger partial charge < -0.3 is 20.3 Å². The molecular formula is C20H23F2IN4O2. The van der Waals surface area contributed by atoms with Crippen LogP contribution in [-0.4, -0.2) is 38.6 Å². The number of halogens is 3. The number of fused-ring (bicyclic) bond motifs is 1. The van der Waals surface area contributed by atoms with Gasteiger partial charge in [0, 0.05) is 32.2 Å². The highest BCUT2D eigenvalue weighted by Crippen LogP contribution is 2.31. The second-order valence-electron chi connectivity index (χ2n) is 6.24. The second kappa shape index (κ2) is 10.9. The van der Waals surface area contributed by atoms with Crippen molar-refractivity contribution in [3.63, 3.8) is 0 Å². The van der Waals surface area contributed by atoms with Crippen LogP contribution in [0.5, 0.6) is 5.75 Å². The van der Waals surface area contributed by atoms with Crippen molar-refractivity contribution in [3.8, 4) is 5.75 Å². The van der Waals surface area contributed by atoms with Crippen molar-refractivity contribution in [3.05, 3.63) is 59.7 Å². The monoisotopic (exact) mass is 516 g/mol. The van der Waals surface area contributed by atoms with Crippen molar-refractivity contribution in [2.45, 2.75) is 13.0 Å². The molecule has 0 radical (unpaired) electrons. The minimum absolute atomic E-state index is 0. The minimum atomic E-state index is -0.489. The first kappa shape index (κ1) is 22.9. The van der Waals surface area contributed by atoms with Gasteiger partial charge in [-0.15, -0.1) is 24.0 Å². The third-order valence-corrected chi connectivity index (χ3v) is 4.34. The van der Waals surface area contributed by atoms with Crippen molar-refractivity contribution < 1.29 is 18.3 Å². The van der Waals surface area contributed by atoms with E-state index in [-0.39, 0.29) is 48.6 Å². The quantitative estimate of drug-likeness (QED) is 0.268. The van der Waals surface area contributed by atoms with Gasteiger partial charge in [-0.1, -0.05) is 12.1 Å². The van der Waals surface area contributed by atoms with Gasteiger partial charge in [0.25, 0.3) is 5.91 Å². The lowest BCUT2D eigenvalue weighted by atomic mass is 10.2. The first-order valence-corrected chi connectivity index (χ1v) is 8.99. The van der Waals surface area contributed by atoms with E-state index in [2.05, 4.69) is 15.6 Å². The number of hydrogen-bond acceptors (Lipinski definition) is 3. The summed E-state index contributed by atoms with van der Waals surface area (Å²) in [4.78, 5) is 17.9. The summed E-state index contributed by atoms with van der Waals surface area (Å²) in [7, 11) is 1.60. The number of aliphatic imine (C=N–C) groups is 1. The molecule has 3 rings (SSSR count). The Balaban J connectivity index is 0.00000300. The van der Waals surface area contributed by atoms with Crippen molar-refractivity contribution in [2.24, 2.45) is 4.99 Å². The SMILES string of the molecule is CN=C(NCCCN1C(=O)COc2ccccc21)NCc1cc(F)ccc1F.I. The Hall–Kier alpha value is -2.43. The Morgan fingerprint density at radius 3 is 2.79 bits per heavy atom. The molecule has 2 N–H and O–H groups in total. The van der Waals surface area contributed by atoms with Crippen LogP contribution >= 0.6 is 24.0 Å². The first-order valence-electron chi connectivity index (χ1n) is 8.99. The van der Waals surface area contributed by atoms with Crippen LogP contribution in [0.15, 0.2) is 47.5 Å². The zero-order valence-electron chi connectivity index (χ0n) is 16.0. The van der Waals surface area contributed by atoms with E-state index in [9.17, 15) is 13.6 Å². The summed E-state index contributed by atoms with van der Waals surface area (Å²) in [6.07, 6.45) is 0.676. The lowest BCUT2D eigenvalue weighted by molar-refractivity contribution is -0.121. The Labute approximate surface area is 185 Å². The van der Waals surface area contributed by atoms with E-state index in [1.54, 1.807) is 11.9 Å². The van der Waals surface area contributed by atoms with Gasteiger partial charge >= 0.3 is 0 Å². The maximum absolute atomic E-state index is 13.7. The highest BCUT2D eigenvalue weighted by Gasteiger charge is 2.24. The fraction of sp³-hybridized carbons (Fsp3) is 0.300. The number of para-hydroxylation sites is 2. The Morgan fingerprint density at radius 1 is 1.21 bits per heavy atom. The predicted octanol–water partition coefficient (Wildman–Crippen LogP) is 3.06. The number of anilines is 1. The van der Waals surface area contributed by atoms with E-state index in [1.165, 1.54) is 0 Å². The summed E-state index contributed by atoms with van der Waals surface area (Å²) in [5, 5.41) is 6.05. The van der Waals surface area contributed by atoms with Crippen molar-refractivity contribution >= 4 is 41.5 Å². The van der Waals surface area contributed by atoms with Crippen LogP contribution in [0, 0.1) is 11.6 Å². The molecule has 29 heavy (non-hydrogen) atoms. The molecule has 6 nitrogen and oxygen atoms in total. The van der Waals surface area contributed by atoms with Crippen LogP contribution in [0.2, 0.25) is 0 Å². The zero-order chi connectivity index (χ0) is 19.9. The normalized spacial score (nSPS) is 13.3. The summed E-state index contributed by atoms with van der Waals surface area (Å²) in [6, 6.07) is 10.8. The van der Waals surface area contributed by atoms with E-state index in [0.717, 1.165) is 23.9 Å². The Bertz CT molecular complexity index is 879. The molecule has 0 unspecified atom stereocenters. The molecule has 0 bridgehead atoms. The molecule has 1 aliphatic heterocycles. The van der Waals surface area contributed by atoms with Crippen LogP contribution in [-0.2, 0) is 11.3 Å². The summed E-state index contributed by atoms with van der Waals surface area (Å²) >= 11 is 0. The average Bonchev–Trinajstić information content (AvgIpc) is 2.71. The molecule has 1 heterocycles. The highest BCUT2D eigenvalue weighted by molar-refractivity contribution is 14.0. The lowest BCUT2D eigenvalue weighted by Crippen LogP contribution is -2.42. The lowest BCUT2D eigenvalue weighted by Gasteiger charge is -2.29. The van der Waals surface area contributed by atoms with Crippen LogP contribution in [0.3, 0.4) is 0 Å². The van der Waals surface area contributed by atoms with Crippen LogP contribution in [0.4, 0.5) is 14.5 Å². The van der Waals surface area contributed by atoms with Gasteiger partial charge in [-0.3, -0.25) is 9.79 Å². The molecule has 1 aliphatic rings. The largest absolute Gasteiger partial charge is 0.482 e. The fourth-order valence-electron chi connectivity index (χ4n) is 2.92. The van der Waals surface area contributed by atoms with E-state index < -0.39 is 11.6 Å². The number of carbonyl (C=O) groups excluding carboxylic acids is 1. The number of ether oxygens (including phenoxy) is 1. The summed E-state index contributed by atoms with van der Waals surface area (Å²) in [5.74, 6) is 0.121. The molecule has 0 spiro atoms. The number of carbonyl (C=O) groups is 1. The summed E-state index contributed by atoms with van der Waals surface area (Å²) < 4.78 is 32.3. The van der Waals surface area contributed by atoms with Gasteiger partial charge in [0.15, 0.2) is 12.6 Å². The number of amides is 1. The molecule has 2 aromatic rings. The molecule has 0 aliphatic carbocycles. The molecule has 2 aromatic carbocycles. The third-order valence-electron chi connectivity index (χ3n) is 4.34. The number of hydrogen-bond donors (Lipinski definition) is 2. The average molecular weight is 516 g/mol. The van der Waals surface area contributed by atoms with Crippen LogP contribution in [0.25, 0.3) is 0 Å². The maximum Gasteiger partial charge on any atom is 0.265 e. The molecular weight excluding hydrogens is 493 g/mol. The van der Waals surface area contributed by atoms with Crippen LogP contribution < -0.4 is 20.3 Å². The number of nitrogens with zero attached hydrogens (tertiary/aromatic N) is 2. The van der Waals surface area contributed by atoms with Gasteiger partial charge in [-0.2, -0.15) is 0 Å². The fourth-order valence-corrected chi connectivity index (χ4v) is 2.92. The topological polar surface area (TPSA) is 66.0 Å². The molecule has 0 aromatic heterocycles. The van der Waals surface area contributed by atoms with Gasteiger partial charge in [-0.25, -0.2) is 8.78 Å². The second-order valence-corrected chi connectivity index (χ2v) is 6.24. The highest BCUT2D eigenvalue weighted by atomic mass is 127. The minimum Gasteiger partial charge on any atom is -0.482 e. The summed E-state index contributed by atoms with van der Waals surface area (Å²) in [5.41, 5.74) is 0.987. The molecule has 156 valence electrons. The molecule has 0 atom stereocenters. The van der Waals surface area contributed by atoms with E-state index >= 15 is 0 Å². The van der Waals surface area contributed by atoms with E-state index in [0.29, 0.717) is 31.2 Å². The molecule has 0 saturated heterocycles. The van der Waals surface area contributed by atoms with Crippen molar-refractivity contribution in [1.29, 1.82) is 0 Å². The summed E-state index contributed by atoms with van der Waals surface area (Å²) in [6.45, 7) is 1.23. The van der Waals surface area contributed by atoms with Gasteiger partial charge in [-0.05, 0) is 36.8 Å². The van der Waals surface area contributed by atoms with Gasteiger partial charge in [0.2, 0.25) is 0 Å². The smallest absolute Gasteiger partial charge is 0.265 e. The maximum atomic E-state index is 13.7. The van der Waals surface area contributed by atoms with E-state index in [1.807, 2.05) is 24.3 Å². The number of guanidine groups is 1. The standard InChI is InChI=1S/C20H22F2N4O2.HI/c1-23-20(25-12-14-11-15(21)7-8-16(14)22)24-9-4-10-26-17-5-2-3-6-18(17)28-13-19(26)27;/h2-3,5-8,11H,4,9-10,12-13H2,1H3,(H2,23,24,25);1H. The van der Waals surface area contributed by atoms with Gasteiger partial charge in [0.1, 0.15) is 17.4 Å². The number of nitrogens with one attached hydrogen (secondary N) is 2. The zero-order valence-corrected chi connectivity index (χ0v) is 18.3. The Kier molecular flexibility index (Phi) is 8.62. The number of benzene rings is 2. The predicted molar refractivity (Wildman–Crippen MR) is 119 cm³/mol.